The zero-order chi connectivity index (χ0) is 11.4. The van der Waals surface area contributed by atoms with Gasteiger partial charge in [-0.15, -0.1) is 0 Å². The maximum Gasteiger partial charge on any atom is 0.303 e. The summed E-state index contributed by atoms with van der Waals surface area (Å²) in [6.07, 6.45) is -0.860. The molecular formula is C8H17NO2. The van der Waals surface area contributed by atoms with E-state index < -0.39 is 12.4 Å². The van der Waals surface area contributed by atoms with Crippen molar-refractivity contribution < 1.29 is 12.7 Å². The lowest BCUT2D eigenvalue weighted by Crippen LogP contribution is -2.36. The Morgan fingerprint density at radius 3 is 2.91 bits per heavy atom. The lowest BCUT2D eigenvalue weighted by molar-refractivity contribution is -0.137. The van der Waals surface area contributed by atoms with E-state index in [1.807, 2.05) is 20.8 Å². The Balaban J connectivity index is 3.89. The molecule has 0 rings (SSSR count). The van der Waals surface area contributed by atoms with Gasteiger partial charge in [0.05, 0.1) is 0 Å². The van der Waals surface area contributed by atoms with Crippen LogP contribution < -0.4 is 5.31 Å². The van der Waals surface area contributed by atoms with Crippen LogP contribution in [0.15, 0.2) is 0 Å². The van der Waals surface area contributed by atoms with Gasteiger partial charge in [-0.3, -0.25) is 4.79 Å². The van der Waals surface area contributed by atoms with Gasteiger partial charge in [0.15, 0.2) is 0 Å². The number of aliphatic carboxylic acids is 1. The first kappa shape index (κ1) is 6.00. The van der Waals surface area contributed by atoms with E-state index in [0.717, 1.165) is 0 Å². The van der Waals surface area contributed by atoms with Crippen LogP contribution in [0.1, 0.15) is 35.0 Å². The highest BCUT2D eigenvalue weighted by Gasteiger charge is 2.07. The smallest absolute Gasteiger partial charge is 0.303 e. The van der Waals surface area contributed by atoms with Gasteiger partial charge in [-0.25, -0.2) is 0 Å². The molecule has 0 radical (unpaired) electrons. The summed E-state index contributed by atoms with van der Waals surface area (Å²) in [7, 11) is 0. The third-order valence-corrected chi connectivity index (χ3v) is 1.03. The summed E-state index contributed by atoms with van der Waals surface area (Å²) in [5, 5.41) is 4.98. The van der Waals surface area contributed by atoms with Gasteiger partial charge in [-0.2, -0.15) is 0 Å². The third kappa shape index (κ3) is 9.43. The lowest BCUT2D eigenvalue weighted by atomic mass is 10.1. The number of nitrogens with one attached hydrogen (secondary N) is 1. The molecule has 66 valence electrons. The molecule has 1 atom stereocenters. The number of hydrogen-bond acceptors (Lipinski definition) is 3. The predicted molar refractivity (Wildman–Crippen MR) is 44.6 cm³/mol. The van der Waals surface area contributed by atoms with E-state index >= 15 is 0 Å². The topological polar surface area (TPSA) is 49.3 Å². The van der Waals surface area contributed by atoms with E-state index in [1.54, 1.807) is 0 Å². The maximum absolute atomic E-state index is 10.7. The number of hydrogen-bond donors (Lipinski definition) is 2. The van der Waals surface area contributed by atoms with Crippen LogP contribution in [0, 0.1) is 0 Å². The van der Waals surface area contributed by atoms with Gasteiger partial charge in [0, 0.05) is 13.3 Å². The Morgan fingerprint density at radius 2 is 2.45 bits per heavy atom. The standard InChI is InChI=1S/C8H17NO2/c1-8(2,3)9-6-4-5-7(10)11/h9H,4-6H2,1-3H3,(H,10,11)/i5D/hD2. The Labute approximate surface area is 72.2 Å². The van der Waals surface area contributed by atoms with E-state index in [9.17, 15) is 4.79 Å². The fourth-order valence-corrected chi connectivity index (χ4v) is 0.582. The van der Waals surface area contributed by atoms with E-state index in [0.29, 0.717) is 6.54 Å². The quantitative estimate of drug-likeness (QED) is 0.654. The van der Waals surface area contributed by atoms with Crippen LogP contribution in [-0.2, 0) is 4.79 Å². The average molecular weight is 162 g/mol. The van der Waals surface area contributed by atoms with Gasteiger partial charge in [0.2, 0.25) is 0 Å². The minimum atomic E-state index is -1.07. The van der Waals surface area contributed by atoms with E-state index in [4.69, 9.17) is 4.21 Å². The van der Waals surface area contributed by atoms with Crippen molar-refractivity contribution in [1.29, 1.82) is 1.43 Å². The first-order chi connectivity index (χ1) is 6.29. The second kappa shape index (κ2) is 4.34. The highest BCUT2D eigenvalue weighted by molar-refractivity contribution is 5.66. The molecule has 0 saturated heterocycles. The molecule has 2 N–H and O–H groups in total. The molecule has 0 aromatic carbocycles. The van der Waals surface area contributed by atoms with Crippen molar-refractivity contribution in [2.45, 2.75) is 39.1 Å². The van der Waals surface area contributed by atoms with Crippen molar-refractivity contribution in [3.8, 4) is 0 Å². The molecule has 0 aliphatic rings. The molecule has 1 unspecified atom stereocenters. The van der Waals surface area contributed by atoms with Crippen molar-refractivity contribution in [2.75, 3.05) is 6.54 Å². The van der Waals surface area contributed by atoms with Crippen molar-refractivity contribution in [3.63, 3.8) is 0 Å². The van der Waals surface area contributed by atoms with Crippen LogP contribution in [0.25, 0.3) is 1.43 Å². The van der Waals surface area contributed by atoms with Gasteiger partial charge >= 0.3 is 5.97 Å². The van der Waals surface area contributed by atoms with Gasteiger partial charge in [0.25, 0.3) is 1.43 Å². The highest BCUT2D eigenvalue weighted by Crippen LogP contribution is 1.98. The third-order valence-electron chi connectivity index (χ3n) is 1.03. The fraction of sp³-hybridized carbons (Fsp3) is 0.875. The first-order valence-electron chi connectivity index (χ1n) is 5.08. The minimum Gasteiger partial charge on any atom is -0.481 e. The van der Waals surface area contributed by atoms with E-state index in [-0.39, 0.29) is 12.0 Å². The molecular weight excluding hydrogens is 142 g/mol. The minimum absolute atomic E-state index is 0.207. The zero-order valence-corrected chi connectivity index (χ0v) is 7.26. The summed E-state index contributed by atoms with van der Waals surface area (Å²) in [5.74, 6) is -0.868. The van der Waals surface area contributed by atoms with Gasteiger partial charge in [0.1, 0.15) is 1.41 Å². The number of carbonyl (C=O) groups is 1. The average Bonchev–Trinajstić information content (AvgIpc) is 2.10. The molecule has 0 fully saturated rings. The lowest BCUT2D eigenvalue weighted by Gasteiger charge is -2.19. The molecule has 0 aromatic rings. The summed E-state index contributed by atoms with van der Waals surface area (Å²) < 4.78 is 21.2. The van der Waals surface area contributed by atoms with Crippen LogP contribution >= 0.6 is 0 Å². The second-order valence-electron chi connectivity index (χ2n) is 3.36. The van der Waals surface area contributed by atoms with E-state index in [2.05, 4.69) is 5.11 Å². The van der Waals surface area contributed by atoms with Crippen LogP contribution in [0.3, 0.4) is 0 Å². The Hall–Kier alpha value is -0.570. The van der Waals surface area contributed by atoms with Crippen LogP contribution in [0.4, 0.5) is 0 Å². The molecule has 0 saturated carbocycles. The van der Waals surface area contributed by atoms with Crippen LogP contribution in [0.2, 0.25) is 1.41 Å². The summed E-state index contributed by atoms with van der Waals surface area (Å²) in [4.78, 5) is 10.7. The van der Waals surface area contributed by atoms with Crippen LogP contribution in [0.5, 0.6) is 0 Å². The summed E-state index contributed by atoms with van der Waals surface area (Å²) >= 11 is 0. The van der Waals surface area contributed by atoms with Gasteiger partial charge in [-0.1, -0.05) is 0 Å². The molecule has 11 heavy (non-hydrogen) atoms. The molecule has 0 aromatic heterocycles. The fourth-order valence-electron chi connectivity index (χ4n) is 0.582. The molecule has 0 spiro atoms. The summed E-state index contributed by atoms with van der Waals surface area (Å²) in [6, 6.07) is 0. The molecule has 0 bridgehead atoms. The number of carboxylic acids is 1. The Bertz CT molecular complexity index is 194. The Kier molecular flexibility index (Phi) is 2.37. The SMILES string of the molecule is [2H]OC(=O)C([2H])CCN([2H])C(C)(C)C. The monoisotopic (exact) mass is 162 g/mol. The normalized spacial score (nSPS) is 18.4. The highest BCUT2D eigenvalue weighted by atomic mass is 16.4. The summed E-state index contributed by atoms with van der Waals surface area (Å²) in [5.41, 5.74) is -0.301. The van der Waals surface area contributed by atoms with E-state index in [1.165, 1.54) is 5.31 Å². The second-order valence-corrected chi connectivity index (χ2v) is 3.36. The number of carboxylic acid groups (broad SMARTS) is 1. The molecule has 3 heteroatoms. The van der Waals surface area contributed by atoms with Crippen molar-refractivity contribution in [1.82, 2.24) is 5.31 Å². The predicted octanol–water partition coefficient (Wildman–Crippen LogP) is 1.24. The molecule has 3 nitrogen and oxygen atoms in total. The molecule has 0 aliphatic heterocycles. The summed E-state index contributed by atoms with van der Waals surface area (Å²) in [6.45, 7) is 5.94. The van der Waals surface area contributed by atoms with Crippen molar-refractivity contribution in [2.24, 2.45) is 0 Å². The maximum atomic E-state index is 10.7. The number of rotatable bonds is 4. The zero-order valence-electron chi connectivity index (χ0n) is 10.3. The van der Waals surface area contributed by atoms with Crippen molar-refractivity contribution in [3.05, 3.63) is 0 Å². The van der Waals surface area contributed by atoms with Crippen molar-refractivity contribution >= 4 is 5.97 Å². The van der Waals surface area contributed by atoms with Crippen LogP contribution in [-0.4, -0.2) is 23.2 Å². The molecule has 0 aliphatic carbocycles. The molecule has 0 heterocycles. The first-order valence-corrected chi connectivity index (χ1v) is 3.65. The largest absolute Gasteiger partial charge is 0.481 e. The molecule has 0 amide bonds. The van der Waals surface area contributed by atoms with Gasteiger partial charge < -0.3 is 10.4 Å². The Morgan fingerprint density at radius 1 is 1.82 bits per heavy atom. The van der Waals surface area contributed by atoms with Gasteiger partial charge in [-0.05, 0) is 33.7 Å².